The van der Waals surface area contributed by atoms with Gasteiger partial charge in [0.2, 0.25) is 12.7 Å². The minimum Gasteiger partial charge on any atom is -0.493 e. The molecule has 26 heavy (non-hydrogen) atoms. The Morgan fingerprint density at radius 1 is 1.15 bits per heavy atom. The molecule has 7 heteroatoms. The summed E-state index contributed by atoms with van der Waals surface area (Å²) in [6.07, 6.45) is 3.71. The molecule has 2 aliphatic rings. The topological polar surface area (TPSA) is 56.0 Å². The fraction of sp³-hybridized carbons (Fsp3) is 0.0526. The number of para-hydroxylation sites is 1. The molecule has 1 N–H and O–H groups in total. The molecular formula is C19H12N2O3S2. The normalized spacial score (nSPS) is 15.6. The molecule has 5 rings (SSSR count). The maximum atomic E-state index is 10.8. The van der Waals surface area contributed by atoms with Gasteiger partial charge in [-0.15, -0.1) is 11.3 Å². The zero-order valence-electron chi connectivity index (χ0n) is 13.4. The largest absolute Gasteiger partial charge is 0.493 e. The van der Waals surface area contributed by atoms with E-state index in [2.05, 4.69) is 4.99 Å². The van der Waals surface area contributed by atoms with Crippen molar-refractivity contribution >= 4 is 47.1 Å². The summed E-state index contributed by atoms with van der Waals surface area (Å²) in [7, 11) is 0. The molecule has 0 radical (unpaired) electrons. The number of rotatable bonds is 2. The molecule has 128 valence electrons. The predicted molar refractivity (Wildman–Crippen MR) is 105 cm³/mol. The molecule has 0 aliphatic carbocycles. The third kappa shape index (κ3) is 2.36. The summed E-state index contributed by atoms with van der Waals surface area (Å²) in [5, 5.41) is 10.8. The van der Waals surface area contributed by atoms with Crippen LogP contribution in [0.15, 0.2) is 47.5 Å². The first-order valence-electron chi connectivity index (χ1n) is 7.91. The molecule has 3 heterocycles. The van der Waals surface area contributed by atoms with E-state index in [9.17, 15) is 5.11 Å². The van der Waals surface area contributed by atoms with Crippen LogP contribution >= 0.6 is 23.6 Å². The van der Waals surface area contributed by atoms with Crippen LogP contribution in [-0.4, -0.2) is 22.7 Å². The molecule has 2 aromatic carbocycles. The van der Waals surface area contributed by atoms with Crippen LogP contribution in [0.4, 0.5) is 5.69 Å². The lowest BCUT2D eigenvalue weighted by Crippen LogP contribution is -1.94. The molecule has 0 bridgehead atoms. The van der Waals surface area contributed by atoms with Gasteiger partial charge in [-0.2, -0.15) is 0 Å². The fourth-order valence-corrected chi connectivity index (χ4v) is 4.32. The van der Waals surface area contributed by atoms with Gasteiger partial charge in [0.15, 0.2) is 15.5 Å². The number of aromatic hydroxyl groups is 1. The maximum Gasteiger partial charge on any atom is 0.231 e. The van der Waals surface area contributed by atoms with Gasteiger partial charge in [-0.3, -0.25) is 9.56 Å². The van der Waals surface area contributed by atoms with E-state index in [0.717, 1.165) is 22.5 Å². The van der Waals surface area contributed by atoms with Crippen LogP contribution in [0.3, 0.4) is 0 Å². The van der Waals surface area contributed by atoms with Gasteiger partial charge in [0, 0.05) is 23.4 Å². The molecule has 5 nitrogen and oxygen atoms in total. The standard InChI is InChI=1S/C19H12N2O3S2/c22-18-17(7-11-9-20-14-4-2-1-3-13(11)14)26-19(25)21(18)12-5-6-15-16(8-12)24-10-23-15/h1-9,22H,10H2/b11-7-. The lowest BCUT2D eigenvalue weighted by atomic mass is 10.1. The van der Waals surface area contributed by atoms with Gasteiger partial charge in [-0.1, -0.05) is 18.2 Å². The third-order valence-corrected chi connectivity index (χ3v) is 5.58. The predicted octanol–water partition coefficient (Wildman–Crippen LogP) is 4.96. The second-order valence-electron chi connectivity index (χ2n) is 5.80. The van der Waals surface area contributed by atoms with Crippen molar-refractivity contribution in [2.24, 2.45) is 4.99 Å². The van der Waals surface area contributed by atoms with Crippen LogP contribution in [0.1, 0.15) is 10.4 Å². The highest BCUT2D eigenvalue weighted by atomic mass is 32.1. The van der Waals surface area contributed by atoms with Gasteiger partial charge in [0.25, 0.3) is 0 Å². The number of aromatic nitrogens is 1. The molecule has 3 aromatic rings. The molecule has 0 spiro atoms. The zero-order valence-corrected chi connectivity index (χ0v) is 15.0. The first-order valence-corrected chi connectivity index (χ1v) is 9.13. The van der Waals surface area contributed by atoms with Gasteiger partial charge < -0.3 is 14.6 Å². The van der Waals surface area contributed by atoms with E-state index in [4.69, 9.17) is 21.7 Å². The van der Waals surface area contributed by atoms with Crippen LogP contribution in [0.25, 0.3) is 17.3 Å². The fourth-order valence-electron chi connectivity index (χ4n) is 3.02. The van der Waals surface area contributed by atoms with Crippen molar-refractivity contribution in [1.82, 2.24) is 4.57 Å². The second-order valence-corrected chi connectivity index (χ2v) is 7.48. The summed E-state index contributed by atoms with van der Waals surface area (Å²) in [4.78, 5) is 5.09. The van der Waals surface area contributed by atoms with Crippen molar-refractivity contribution in [1.29, 1.82) is 0 Å². The number of benzene rings is 2. The molecule has 0 saturated heterocycles. The van der Waals surface area contributed by atoms with Gasteiger partial charge >= 0.3 is 0 Å². The Bertz CT molecular complexity index is 1160. The molecule has 2 aliphatic heterocycles. The van der Waals surface area contributed by atoms with Crippen LogP contribution in [0, 0.1) is 3.95 Å². The smallest absolute Gasteiger partial charge is 0.231 e. The highest BCUT2D eigenvalue weighted by Gasteiger charge is 2.19. The number of hydrogen-bond donors (Lipinski definition) is 1. The molecule has 0 unspecified atom stereocenters. The quantitative estimate of drug-likeness (QED) is 0.639. The first-order chi connectivity index (χ1) is 12.7. The summed E-state index contributed by atoms with van der Waals surface area (Å²) >= 11 is 6.82. The third-order valence-electron chi connectivity index (χ3n) is 4.27. The van der Waals surface area contributed by atoms with E-state index >= 15 is 0 Å². The monoisotopic (exact) mass is 380 g/mol. The highest BCUT2D eigenvalue weighted by molar-refractivity contribution is 7.73. The molecule has 0 amide bonds. The first kappa shape index (κ1) is 15.4. The van der Waals surface area contributed by atoms with E-state index < -0.39 is 0 Å². The van der Waals surface area contributed by atoms with Crippen LogP contribution in [0.2, 0.25) is 0 Å². The zero-order chi connectivity index (χ0) is 17.7. The van der Waals surface area contributed by atoms with Crippen molar-refractivity contribution in [3.8, 4) is 23.1 Å². The minimum atomic E-state index is 0.101. The molecule has 0 saturated carbocycles. The Hall–Kier alpha value is -2.90. The number of fused-ring (bicyclic) bond motifs is 2. The van der Waals surface area contributed by atoms with Crippen molar-refractivity contribution in [2.45, 2.75) is 0 Å². The van der Waals surface area contributed by atoms with Crippen LogP contribution in [-0.2, 0) is 0 Å². The summed E-state index contributed by atoms with van der Waals surface area (Å²) in [5.74, 6) is 1.44. The average Bonchev–Trinajstić information content (AvgIpc) is 3.34. The molecular weight excluding hydrogens is 368 g/mol. The molecule has 0 fully saturated rings. The number of ether oxygens (including phenoxy) is 2. The molecule has 0 atom stereocenters. The van der Waals surface area contributed by atoms with Gasteiger partial charge in [0.1, 0.15) is 0 Å². The van der Waals surface area contributed by atoms with Gasteiger partial charge in [-0.25, -0.2) is 0 Å². The number of allylic oxidation sites excluding steroid dienone is 1. The van der Waals surface area contributed by atoms with Gasteiger partial charge in [0.05, 0.1) is 16.3 Å². The number of nitrogens with zero attached hydrogens (tertiary/aromatic N) is 2. The van der Waals surface area contributed by atoms with Crippen molar-refractivity contribution < 1.29 is 14.6 Å². The van der Waals surface area contributed by atoms with Gasteiger partial charge in [-0.05, 0) is 36.5 Å². The Balaban J connectivity index is 1.60. The van der Waals surface area contributed by atoms with E-state index in [1.807, 2.05) is 48.5 Å². The summed E-state index contributed by atoms with van der Waals surface area (Å²) in [5.41, 5.74) is 3.65. The average molecular weight is 380 g/mol. The Morgan fingerprint density at radius 3 is 2.92 bits per heavy atom. The van der Waals surface area contributed by atoms with E-state index in [-0.39, 0.29) is 12.7 Å². The van der Waals surface area contributed by atoms with E-state index in [0.29, 0.717) is 20.3 Å². The summed E-state index contributed by atoms with van der Waals surface area (Å²) in [6.45, 7) is 0.204. The van der Waals surface area contributed by atoms with Crippen LogP contribution < -0.4 is 9.47 Å². The van der Waals surface area contributed by atoms with Crippen molar-refractivity contribution in [3.05, 3.63) is 56.9 Å². The van der Waals surface area contributed by atoms with E-state index in [1.54, 1.807) is 10.8 Å². The Kier molecular flexibility index (Phi) is 3.44. The van der Waals surface area contributed by atoms with E-state index in [1.165, 1.54) is 11.3 Å². The summed E-state index contributed by atoms with van der Waals surface area (Å²) in [6, 6.07) is 13.4. The second kappa shape index (κ2) is 5.82. The number of hydrogen-bond acceptors (Lipinski definition) is 6. The SMILES string of the molecule is Oc1c(/C=C2/C=Nc3ccccc32)sc(=S)n1-c1ccc2c(c1)OCO2. The number of aliphatic imine (C=N–C) groups is 1. The lowest BCUT2D eigenvalue weighted by molar-refractivity contribution is 0.174. The number of thiazole rings is 1. The van der Waals surface area contributed by atoms with Crippen LogP contribution in [0.5, 0.6) is 17.4 Å². The maximum absolute atomic E-state index is 10.8. The minimum absolute atomic E-state index is 0.101. The highest BCUT2D eigenvalue weighted by Crippen LogP contribution is 2.39. The molecule has 1 aromatic heterocycles. The van der Waals surface area contributed by atoms with Crippen molar-refractivity contribution in [3.63, 3.8) is 0 Å². The Morgan fingerprint density at radius 2 is 2.00 bits per heavy atom. The van der Waals surface area contributed by atoms with Crippen molar-refractivity contribution in [2.75, 3.05) is 6.79 Å². The Labute approximate surface area is 158 Å². The summed E-state index contributed by atoms with van der Waals surface area (Å²) < 4.78 is 12.9. The lowest BCUT2D eigenvalue weighted by Gasteiger charge is -2.06.